The van der Waals surface area contributed by atoms with Gasteiger partial charge in [-0.25, -0.2) is 9.97 Å². The van der Waals surface area contributed by atoms with Gasteiger partial charge < -0.3 is 4.90 Å². The number of aromatic nitrogens is 4. The number of hydrogen-bond acceptors (Lipinski definition) is 5. The molecule has 0 radical (unpaired) electrons. The molecule has 1 amide bonds. The molecule has 2 aromatic rings. The molecule has 2 fully saturated rings. The molecule has 0 aromatic carbocycles. The van der Waals surface area contributed by atoms with Crippen molar-refractivity contribution in [2.45, 2.75) is 39.2 Å². The van der Waals surface area contributed by atoms with Crippen LogP contribution in [0.3, 0.4) is 0 Å². The van der Waals surface area contributed by atoms with Crippen LogP contribution in [-0.4, -0.2) is 61.6 Å². The largest absolute Gasteiger partial charge is 0.335 e. The first kappa shape index (κ1) is 17.1. The lowest BCUT2D eigenvalue weighted by atomic mass is 10.1. The zero-order valence-electron chi connectivity index (χ0n) is 15.8. The molecule has 2 aliphatic rings. The van der Waals surface area contributed by atoms with Gasteiger partial charge in [-0.2, -0.15) is 5.10 Å². The molecule has 0 N–H and O–H groups in total. The second-order valence-corrected chi connectivity index (χ2v) is 7.42. The standard InChI is InChI=1S/C19H26N6O/c1-13-16(14(2)23(3)22-13)12-24-8-10-25(11-9-24)19(26)17-6-7-20-18(21-17)15-4-5-15/h6-7,15H,4-5,8-12H2,1-3H3. The summed E-state index contributed by atoms with van der Waals surface area (Å²) in [5.41, 5.74) is 4.15. The fourth-order valence-corrected chi connectivity index (χ4v) is 3.57. The van der Waals surface area contributed by atoms with Crippen LogP contribution in [0.1, 0.15) is 52.0 Å². The van der Waals surface area contributed by atoms with Crippen molar-refractivity contribution >= 4 is 5.91 Å². The van der Waals surface area contributed by atoms with Gasteiger partial charge in [-0.15, -0.1) is 0 Å². The molecular weight excluding hydrogens is 328 g/mol. The third-order valence-corrected chi connectivity index (χ3v) is 5.54. The van der Waals surface area contributed by atoms with Gasteiger partial charge in [0, 0.05) is 63.1 Å². The summed E-state index contributed by atoms with van der Waals surface area (Å²) >= 11 is 0. The summed E-state index contributed by atoms with van der Waals surface area (Å²) in [6.07, 6.45) is 4.01. The molecule has 1 aliphatic heterocycles. The zero-order valence-corrected chi connectivity index (χ0v) is 15.8. The highest BCUT2D eigenvalue weighted by Crippen LogP contribution is 2.37. The van der Waals surface area contributed by atoms with Gasteiger partial charge in [-0.3, -0.25) is 14.4 Å². The fourth-order valence-electron chi connectivity index (χ4n) is 3.57. The molecule has 4 rings (SSSR count). The Morgan fingerprint density at radius 1 is 1.19 bits per heavy atom. The third kappa shape index (κ3) is 3.35. The van der Waals surface area contributed by atoms with Crippen molar-refractivity contribution in [3.05, 3.63) is 40.7 Å². The molecule has 0 spiro atoms. The second-order valence-electron chi connectivity index (χ2n) is 7.42. The van der Waals surface area contributed by atoms with Crippen LogP contribution in [-0.2, 0) is 13.6 Å². The summed E-state index contributed by atoms with van der Waals surface area (Å²) in [5.74, 6) is 1.32. The summed E-state index contributed by atoms with van der Waals surface area (Å²) in [6, 6.07) is 1.74. The van der Waals surface area contributed by atoms with Crippen LogP contribution in [0, 0.1) is 13.8 Å². The highest BCUT2D eigenvalue weighted by Gasteiger charge is 2.29. The predicted octanol–water partition coefficient (Wildman–Crippen LogP) is 1.66. The van der Waals surface area contributed by atoms with Crippen molar-refractivity contribution in [3.63, 3.8) is 0 Å². The monoisotopic (exact) mass is 354 g/mol. The minimum Gasteiger partial charge on any atom is -0.335 e. The SMILES string of the molecule is Cc1nn(C)c(C)c1CN1CCN(C(=O)c2ccnc(C3CC3)n2)CC1. The maximum Gasteiger partial charge on any atom is 0.272 e. The van der Waals surface area contributed by atoms with E-state index in [0.29, 0.717) is 11.6 Å². The molecule has 1 aliphatic carbocycles. The summed E-state index contributed by atoms with van der Waals surface area (Å²) in [5, 5.41) is 4.50. The molecule has 0 unspecified atom stereocenters. The van der Waals surface area contributed by atoms with Crippen molar-refractivity contribution in [1.29, 1.82) is 0 Å². The maximum atomic E-state index is 12.8. The number of hydrogen-bond donors (Lipinski definition) is 0. The second kappa shape index (κ2) is 6.79. The average Bonchev–Trinajstić information content (AvgIpc) is 3.47. The van der Waals surface area contributed by atoms with Gasteiger partial charge in [0.2, 0.25) is 0 Å². The molecule has 138 valence electrons. The van der Waals surface area contributed by atoms with Crippen LogP contribution in [0.2, 0.25) is 0 Å². The fraction of sp³-hybridized carbons (Fsp3) is 0.579. The first-order valence-corrected chi connectivity index (χ1v) is 9.36. The summed E-state index contributed by atoms with van der Waals surface area (Å²) in [4.78, 5) is 25.9. The Balaban J connectivity index is 1.37. The predicted molar refractivity (Wildman–Crippen MR) is 97.9 cm³/mol. The van der Waals surface area contributed by atoms with Gasteiger partial charge >= 0.3 is 0 Å². The highest BCUT2D eigenvalue weighted by atomic mass is 16.2. The van der Waals surface area contributed by atoms with Gasteiger partial charge in [0.15, 0.2) is 0 Å². The van der Waals surface area contributed by atoms with Crippen molar-refractivity contribution in [2.24, 2.45) is 7.05 Å². The van der Waals surface area contributed by atoms with E-state index in [1.54, 1.807) is 12.3 Å². The Morgan fingerprint density at radius 2 is 1.92 bits per heavy atom. The highest BCUT2D eigenvalue weighted by molar-refractivity contribution is 5.92. The average molecular weight is 354 g/mol. The van der Waals surface area contributed by atoms with Crippen LogP contribution >= 0.6 is 0 Å². The Bertz CT molecular complexity index is 817. The van der Waals surface area contributed by atoms with Crippen molar-refractivity contribution in [3.8, 4) is 0 Å². The van der Waals surface area contributed by atoms with Crippen molar-refractivity contribution < 1.29 is 4.79 Å². The zero-order chi connectivity index (χ0) is 18.3. The van der Waals surface area contributed by atoms with Gasteiger partial charge in [-0.1, -0.05) is 0 Å². The van der Waals surface area contributed by atoms with E-state index < -0.39 is 0 Å². The minimum absolute atomic E-state index is 0.0303. The lowest BCUT2D eigenvalue weighted by Crippen LogP contribution is -2.48. The Labute approximate surface area is 154 Å². The van der Waals surface area contributed by atoms with E-state index in [0.717, 1.165) is 57.1 Å². The van der Waals surface area contributed by atoms with E-state index in [4.69, 9.17) is 0 Å². The first-order chi connectivity index (χ1) is 12.5. The molecule has 0 atom stereocenters. The molecule has 3 heterocycles. The summed E-state index contributed by atoms with van der Waals surface area (Å²) in [6.45, 7) is 8.29. The van der Waals surface area contributed by atoms with Crippen LogP contribution in [0.5, 0.6) is 0 Å². The lowest BCUT2D eigenvalue weighted by molar-refractivity contribution is 0.0621. The van der Waals surface area contributed by atoms with Crippen LogP contribution in [0.4, 0.5) is 0 Å². The van der Waals surface area contributed by atoms with E-state index in [2.05, 4.69) is 33.8 Å². The molecule has 26 heavy (non-hydrogen) atoms. The van der Waals surface area contributed by atoms with E-state index in [-0.39, 0.29) is 5.91 Å². The summed E-state index contributed by atoms with van der Waals surface area (Å²) < 4.78 is 1.94. The molecule has 1 saturated heterocycles. The van der Waals surface area contributed by atoms with Crippen molar-refractivity contribution in [2.75, 3.05) is 26.2 Å². The third-order valence-electron chi connectivity index (χ3n) is 5.54. The van der Waals surface area contributed by atoms with Gasteiger partial charge in [0.25, 0.3) is 5.91 Å². The number of aryl methyl sites for hydroxylation is 2. The smallest absolute Gasteiger partial charge is 0.272 e. The quantitative estimate of drug-likeness (QED) is 0.835. The van der Waals surface area contributed by atoms with Gasteiger partial charge in [0.1, 0.15) is 11.5 Å². The van der Waals surface area contributed by atoms with E-state index >= 15 is 0 Å². The van der Waals surface area contributed by atoms with Crippen LogP contribution < -0.4 is 0 Å². The number of carbonyl (C=O) groups excluding carboxylic acids is 1. The summed E-state index contributed by atoms with van der Waals surface area (Å²) in [7, 11) is 1.99. The Morgan fingerprint density at radius 3 is 2.54 bits per heavy atom. The molecule has 1 saturated carbocycles. The lowest BCUT2D eigenvalue weighted by Gasteiger charge is -2.34. The molecule has 0 bridgehead atoms. The van der Waals surface area contributed by atoms with Crippen molar-refractivity contribution in [1.82, 2.24) is 29.5 Å². The first-order valence-electron chi connectivity index (χ1n) is 9.36. The Hall–Kier alpha value is -2.28. The van der Waals surface area contributed by atoms with Crippen LogP contribution in [0.25, 0.3) is 0 Å². The number of piperazine rings is 1. The molecule has 7 heteroatoms. The normalized spacial score (nSPS) is 18.3. The van der Waals surface area contributed by atoms with Crippen LogP contribution in [0.15, 0.2) is 12.3 Å². The number of rotatable bonds is 4. The number of amides is 1. The van der Waals surface area contributed by atoms with E-state index in [1.165, 1.54) is 11.3 Å². The maximum absolute atomic E-state index is 12.8. The Kier molecular flexibility index (Phi) is 4.48. The number of nitrogens with zero attached hydrogens (tertiary/aromatic N) is 6. The van der Waals surface area contributed by atoms with E-state index in [1.807, 2.05) is 16.6 Å². The molecular formula is C19H26N6O. The molecule has 2 aromatic heterocycles. The topological polar surface area (TPSA) is 67.2 Å². The van der Waals surface area contributed by atoms with Gasteiger partial charge in [-0.05, 0) is 32.8 Å². The van der Waals surface area contributed by atoms with E-state index in [9.17, 15) is 4.79 Å². The number of carbonyl (C=O) groups is 1. The minimum atomic E-state index is 0.0303. The molecule has 7 nitrogen and oxygen atoms in total. The van der Waals surface area contributed by atoms with Gasteiger partial charge in [0.05, 0.1) is 5.69 Å².